The topological polar surface area (TPSA) is 96.0 Å². The van der Waals surface area contributed by atoms with Crippen molar-refractivity contribution >= 4 is 27.5 Å². The second-order valence-corrected chi connectivity index (χ2v) is 11.9. The molecule has 1 N–H and O–H groups in total. The Balaban J connectivity index is 2.07. The van der Waals surface area contributed by atoms with Gasteiger partial charge in [-0.15, -0.1) is 0 Å². The molecule has 0 saturated carbocycles. The Labute approximate surface area is 242 Å². The van der Waals surface area contributed by atoms with Gasteiger partial charge in [-0.3, -0.25) is 13.9 Å². The number of rotatable bonds is 13. The molecule has 0 aromatic heterocycles. The molecule has 0 bridgehead atoms. The third kappa shape index (κ3) is 8.29. The monoisotopic (exact) mass is 583 g/mol. The van der Waals surface area contributed by atoms with E-state index in [2.05, 4.69) is 5.32 Å². The number of aryl methyl sites for hydroxylation is 1. The number of ether oxygens (including phenoxy) is 1. The number of benzene rings is 3. The molecular formula is C31H38FN3O5S. The summed E-state index contributed by atoms with van der Waals surface area (Å²) in [6.07, 6.45) is 0.323. The van der Waals surface area contributed by atoms with Crippen molar-refractivity contribution in [1.82, 2.24) is 10.2 Å². The summed E-state index contributed by atoms with van der Waals surface area (Å²) in [4.78, 5) is 28.5. The first-order chi connectivity index (χ1) is 19.5. The lowest BCUT2D eigenvalue weighted by atomic mass is 10.1. The lowest BCUT2D eigenvalue weighted by molar-refractivity contribution is -0.140. The zero-order valence-electron chi connectivity index (χ0n) is 24.1. The highest BCUT2D eigenvalue weighted by atomic mass is 32.2. The standard InChI is InChI=1S/C31H38FN3O5S/c1-6-29(31(37)33-22(3)4)34(20-24-10-8-9-23(5)19-24)30(36)21-35(26-13-15-27(16-14-26)40-7-2)41(38,39)28-17-11-25(32)12-18-28/h8-19,22,29H,6-7,20-21H2,1-5H3,(H,33,37). The Hall–Kier alpha value is -3.92. The molecule has 0 saturated heterocycles. The number of carbonyl (C=O) groups excluding carboxylic acids is 2. The first kappa shape index (κ1) is 31.6. The molecule has 10 heteroatoms. The average Bonchev–Trinajstić information content (AvgIpc) is 2.92. The van der Waals surface area contributed by atoms with E-state index < -0.39 is 34.3 Å². The van der Waals surface area contributed by atoms with Crippen LogP contribution < -0.4 is 14.4 Å². The summed E-state index contributed by atoms with van der Waals surface area (Å²) >= 11 is 0. The van der Waals surface area contributed by atoms with E-state index in [9.17, 15) is 22.4 Å². The van der Waals surface area contributed by atoms with E-state index in [0.29, 0.717) is 18.8 Å². The van der Waals surface area contributed by atoms with Crippen molar-refractivity contribution in [2.24, 2.45) is 0 Å². The summed E-state index contributed by atoms with van der Waals surface area (Å²) in [6.45, 7) is 9.20. The van der Waals surface area contributed by atoms with E-state index >= 15 is 0 Å². The summed E-state index contributed by atoms with van der Waals surface area (Å²) in [5.41, 5.74) is 2.02. The van der Waals surface area contributed by atoms with Crippen molar-refractivity contribution in [2.75, 3.05) is 17.5 Å². The molecule has 8 nitrogen and oxygen atoms in total. The van der Waals surface area contributed by atoms with Gasteiger partial charge < -0.3 is 15.0 Å². The second-order valence-electron chi connectivity index (χ2n) is 9.99. The van der Waals surface area contributed by atoms with Crippen LogP contribution in [0.25, 0.3) is 0 Å². The molecule has 0 spiro atoms. The van der Waals surface area contributed by atoms with Crippen LogP contribution in [0, 0.1) is 12.7 Å². The maximum atomic E-state index is 14.1. The second kappa shape index (κ2) is 14.1. The summed E-state index contributed by atoms with van der Waals surface area (Å²) < 4.78 is 47.8. The molecule has 220 valence electrons. The quantitative estimate of drug-likeness (QED) is 0.304. The van der Waals surface area contributed by atoms with Crippen LogP contribution in [-0.2, 0) is 26.2 Å². The van der Waals surface area contributed by atoms with E-state index in [4.69, 9.17) is 4.74 Å². The number of sulfonamides is 1. The fraction of sp³-hybridized carbons (Fsp3) is 0.355. The highest BCUT2D eigenvalue weighted by Gasteiger charge is 2.34. The van der Waals surface area contributed by atoms with Gasteiger partial charge in [-0.25, -0.2) is 12.8 Å². The molecule has 0 heterocycles. The molecule has 3 aromatic rings. The molecule has 3 rings (SSSR count). The fourth-order valence-electron chi connectivity index (χ4n) is 4.45. The van der Waals surface area contributed by atoms with E-state index in [1.807, 2.05) is 52.0 Å². The summed E-state index contributed by atoms with van der Waals surface area (Å²) in [5.74, 6) is -0.924. The van der Waals surface area contributed by atoms with Gasteiger partial charge in [0.25, 0.3) is 10.0 Å². The summed E-state index contributed by atoms with van der Waals surface area (Å²) in [7, 11) is -4.30. The minimum atomic E-state index is -4.30. The molecule has 1 atom stereocenters. The van der Waals surface area contributed by atoms with E-state index in [-0.39, 0.29) is 29.1 Å². The van der Waals surface area contributed by atoms with Gasteiger partial charge in [-0.2, -0.15) is 0 Å². The largest absolute Gasteiger partial charge is 0.494 e. The number of amides is 2. The van der Waals surface area contributed by atoms with Crippen molar-refractivity contribution in [3.8, 4) is 5.75 Å². The van der Waals surface area contributed by atoms with Crippen LogP contribution in [0.2, 0.25) is 0 Å². The number of anilines is 1. The van der Waals surface area contributed by atoms with E-state index in [1.165, 1.54) is 4.90 Å². The van der Waals surface area contributed by atoms with Gasteiger partial charge in [0.15, 0.2) is 0 Å². The Morgan fingerprint density at radius 3 is 2.20 bits per heavy atom. The first-order valence-electron chi connectivity index (χ1n) is 13.6. The van der Waals surface area contributed by atoms with Crippen LogP contribution in [0.15, 0.2) is 77.7 Å². The molecule has 0 aliphatic heterocycles. The summed E-state index contributed by atoms with van der Waals surface area (Å²) in [6, 6.07) is 17.4. The van der Waals surface area contributed by atoms with Crippen molar-refractivity contribution in [1.29, 1.82) is 0 Å². The van der Waals surface area contributed by atoms with Crippen molar-refractivity contribution in [2.45, 2.75) is 64.6 Å². The minimum Gasteiger partial charge on any atom is -0.494 e. The van der Waals surface area contributed by atoms with Gasteiger partial charge >= 0.3 is 0 Å². The zero-order valence-corrected chi connectivity index (χ0v) is 24.9. The lowest BCUT2D eigenvalue weighted by Gasteiger charge is -2.33. The number of carbonyl (C=O) groups is 2. The zero-order chi connectivity index (χ0) is 30.2. The van der Waals surface area contributed by atoms with E-state index in [0.717, 1.165) is 39.7 Å². The number of nitrogens with one attached hydrogen (secondary N) is 1. The number of hydrogen-bond donors (Lipinski definition) is 1. The van der Waals surface area contributed by atoms with E-state index in [1.54, 1.807) is 31.2 Å². The van der Waals surface area contributed by atoms with Gasteiger partial charge in [0.1, 0.15) is 24.2 Å². The highest BCUT2D eigenvalue weighted by Crippen LogP contribution is 2.27. The van der Waals surface area contributed by atoms with Gasteiger partial charge in [-0.1, -0.05) is 36.8 Å². The Morgan fingerprint density at radius 1 is 0.976 bits per heavy atom. The maximum Gasteiger partial charge on any atom is 0.264 e. The van der Waals surface area contributed by atoms with Crippen LogP contribution in [0.1, 0.15) is 45.2 Å². The smallest absolute Gasteiger partial charge is 0.264 e. The number of nitrogens with zero attached hydrogens (tertiary/aromatic N) is 2. The van der Waals surface area contributed by atoms with Crippen molar-refractivity contribution in [3.63, 3.8) is 0 Å². The SMILES string of the molecule is CCOc1ccc(N(CC(=O)N(Cc2cccc(C)c2)C(CC)C(=O)NC(C)C)S(=O)(=O)c2ccc(F)cc2)cc1. The Morgan fingerprint density at radius 2 is 1.63 bits per heavy atom. The molecular weight excluding hydrogens is 545 g/mol. The van der Waals surface area contributed by atoms with Crippen molar-refractivity contribution in [3.05, 3.63) is 89.7 Å². The van der Waals surface area contributed by atoms with Gasteiger partial charge in [0, 0.05) is 12.6 Å². The predicted molar refractivity (Wildman–Crippen MR) is 158 cm³/mol. The average molecular weight is 584 g/mol. The molecule has 41 heavy (non-hydrogen) atoms. The molecule has 0 aliphatic carbocycles. The van der Waals surface area contributed by atoms with Crippen LogP contribution in [0.4, 0.5) is 10.1 Å². The number of halogens is 1. The maximum absolute atomic E-state index is 14.1. The minimum absolute atomic E-state index is 0.109. The van der Waals surface area contributed by atoms with Crippen LogP contribution in [-0.4, -0.2) is 50.4 Å². The highest BCUT2D eigenvalue weighted by molar-refractivity contribution is 7.92. The summed E-state index contributed by atoms with van der Waals surface area (Å²) in [5, 5.41) is 2.88. The molecule has 3 aromatic carbocycles. The van der Waals surface area contributed by atoms with Crippen molar-refractivity contribution < 1.29 is 27.1 Å². The normalized spacial score (nSPS) is 12.1. The molecule has 0 aliphatic rings. The van der Waals surface area contributed by atoms with Crippen LogP contribution in [0.3, 0.4) is 0 Å². The van der Waals surface area contributed by atoms with Gasteiger partial charge in [0.05, 0.1) is 17.2 Å². The third-order valence-corrected chi connectivity index (χ3v) is 8.16. The molecule has 0 radical (unpaired) electrons. The third-order valence-electron chi connectivity index (χ3n) is 6.37. The van der Waals surface area contributed by atoms with Crippen LogP contribution in [0.5, 0.6) is 5.75 Å². The lowest BCUT2D eigenvalue weighted by Crippen LogP contribution is -2.53. The fourth-order valence-corrected chi connectivity index (χ4v) is 5.86. The van der Waals surface area contributed by atoms with Gasteiger partial charge in [0.2, 0.25) is 11.8 Å². The Bertz CT molecular complexity index is 1430. The Kier molecular flexibility index (Phi) is 10.9. The predicted octanol–water partition coefficient (Wildman–Crippen LogP) is 5.06. The molecule has 0 fully saturated rings. The van der Waals surface area contributed by atoms with Crippen LogP contribution >= 0.6 is 0 Å². The van der Waals surface area contributed by atoms with Gasteiger partial charge in [-0.05, 0) is 88.2 Å². The molecule has 2 amide bonds. The first-order valence-corrected chi connectivity index (χ1v) is 15.1. The molecule has 1 unspecified atom stereocenters. The number of hydrogen-bond acceptors (Lipinski definition) is 5.